The van der Waals surface area contributed by atoms with Gasteiger partial charge < -0.3 is 15.2 Å². The number of halogens is 1. The molecule has 7 nitrogen and oxygen atoms in total. The third kappa shape index (κ3) is 6.66. The smallest absolute Gasteiger partial charge is 0.192 e. The quantitative estimate of drug-likeness (QED) is 0.326. The molecule has 0 spiro atoms. The summed E-state index contributed by atoms with van der Waals surface area (Å²) in [6, 6.07) is 9.72. The van der Waals surface area contributed by atoms with Gasteiger partial charge >= 0.3 is 0 Å². The Morgan fingerprint density at radius 3 is 2.28 bits per heavy atom. The van der Waals surface area contributed by atoms with Crippen LogP contribution in [0.2, 0.25) is 0 Å². The van der Waals surface area contributed by atoms with Crippen LogP contribution in [0.3, 0.4) is 0 Å². The van der Waals surface area contributed by atoms with Crippen molar-refractivity contribution in [1.29, 1.82) is 0 Å². The lowest BCUT2D eigenvalue weighted by Gasteiger charge is -2.33. The van der Waals surface area contributed by atoms with Gasteiger partial charge in [-0.2, -0.15) is 0 Å². The van der Waals surface area contributed by atoms with E-state index in [-0.39, 0.29) is 24.0 Å². The number of rotatable bonds is 6. The third-order valence-corrected chi connectivity index (χ3v) is 6.84. The minimum absolute atomic E-state index is 0. The third-order valence-electron chi connectivity index (χ3n) is 6.84. The van der Waals surface area contributed by atoms with E-state index in [0.717, 1.165) is 50.1 Å². The first-order valence-corrected chi connectivity index (χ1v) is 11.8. The molecule has 0 radical (unpaired) electrons. The van der Waals surface area contributed by atoms with Gasteiger partial charge in [-0.05, 0) is 50.7 Å². The Labute approximate surface area is 209 Å². The van der Waals surface area contributed by atoms with Crippen molar-refractivity contribution in [3.05, 3.63) is 47.0 Å². The Hall–Kier alpha value is -1.68. The average molecular weight is 552 g/mol. The second-order valence-electron chi connectivity index (χ2n) is 9.13. The predicted octanol–water partition coefficient (Wildman–Crippen LogP) is 3.69. The van der Waals surface area contributed by atoms with Crippen LogP contribution < -0.4 is 10.6 Å². The average Bonchev–Trinajstić information content (AvgIpc) is 3.40. The Bertz CT molecular complexity index is 880. The summed E-state index contributed by atoms with van der Waals surface area (Å²) in [7, 11) is 2.00. The molecule has 0 atom stereocenters. The van der Waals surface area contributed by atoms with Crippen LogP contribution in [-0.2, 0) is 20.1 Å². The highest BCUT2D eigenvalue weighted by molar-refractivity contribution is 14.0. The van der Waals surface area contributed by atoms with E-state index >= 15 is 0 Å². The molecule has 2 aromatic rings. The van der Waals surface area contributed by atoms with Crippen molar-refractivity contribution < 1.29 is 0 Å². The number of hydrogen-bond acceptors (Lipinski definition) is 4. The molecule has 4 rings (SSSR count). The highest BCUT2D eigenvalue weighted by atomic mass is 127. The zero-order valence-corrected chi connectivity index (χ0v) is 22.0. The molecule has 8 heteroatoms. The van der Waals surface area contributed by atoms with Crippen molar-refractivity contribution in [2.75, 3.05) is 13.1 Å². The maximum atomic E-state index is 4.88. The number of benzene rings is 1. The largest absolute Gasteiger partial charge is 0.354 e. The number of aryl methyl sites for hydroxylation is 2. The molecule has 176 valence electrons. The van der Waals surface area contributed by atoms with E-state index in [1.165, 1.54) is 36.8 Å². The van der Waals surface area contributed by atoms with Gasteiger partial charge in [-0.1, -0.05) is 37.1 Å². The summed E-state index contributed by atoms with van der Waals surface area (Å²) in [5, 5.41) is 15.8. The van der Waals surface area contributed by atoms with Gasteiger partial charge in [-0.3, -0.25) is 4.90 Å². The van der Waals surface area contributed by atoms with Gasteiger partial charge in [0.1, 0.15) is 12.4 Å². The molecule has 2 heterocycles. The van der Waals surface area contributed by atoms with Crippen LogP contribution in [-0.4, -0.2) is 50.8 Å². The first-order valence-electron chi connectivity index (χ1n) is 11.8. The minimum Gasteiger partial charge on any atom is -0.354 e. The van der Waals surface area contributed by atoms with Crippen molar-refractivity contribution in [2.45, 2.75) is 77.5 Å². The van der Waals surface area contributed by atoms with E-state index in [0.29, 0.717) is 18.6 Å². The summed E-state index contributed by atoms with van der Waals surface area (Å²) < 4.78 is 2.01. The van der Waals surface area contributed by atoms with E-state index in [1.807, 2.05) is 18.5 Å². The summed E-state index contributed by atoms with van der Waals surface area (Å²) in [5.74, 6) is 2.76. The fraction of sp³-hybridized carbons (Fsp3) is 0.625. The van der Waals surface area contributed by atoms with Gasteiger partial charge in [0.05, 0.1) is 0 Å². The highest BCUT2D eigenvalue weighted by Gasteiger charge is 2.22. The molecule has 0 bridgehead atoms. The Morgan fingerprint density at radius 2 is 1.66 bits per heavy atom. The molecule has 1 saturated heterocycles. The summed E-state index contributed by atoms with van der Waals surface area (Å²) in [6.45, 7) is 8.01. The van der Waals surface area contributed by atoms with Gasteiger partial charge in [0, 0.05) is 38.8 Å². The number of nitrogens with one attached hydrogen (secondary N) is 2. The summed E-state index contributed by atoms with van der Waals surface area (Å²) in [4.78, 5) is 7.46. The number of nitrogens with zero attached hydrogens (tertiary/aromatic N) is 5. The normalized spacial score (nSPS) is 18.5. The molecule has 2 N–H and O–H groups in total. The molecule has 0 unspecified atom stereocenters. The number of aromatic nitrogens is 3. The SMILES string of the molecule is Cc1ccccc1CN1CCC(NC(=NCc2nnc(C)n2C)NC2CCCC2)CC1.I. The highest BCUT2D eigenvalue weighted by Crippen LogP contribution is 2.19. The molecule has 32 heavy (non-hydrogen) atoms. The molecule has 1 aliphatic carbocycles. The van der Waals surface area contributed by atoms with Crippen molar-refractivity contribution in [3.63, 3.8) is 0 Å². The van der Waals surface area contributed by atoms with Crippen molar-refractivity contribution >= 4 is 29.9 Å². The predicted molar refractivity (Wildman–Crippen MR) is 140 cm³/mol. The first kappa shape index (κ1) is 25.0. The van der Waals surface area contributed by atoms with Crippen LogP contribution in [0.15, 0.2) is 29.3 Å². The summed E-state index contributed by atoms with van der Waals surface area (Å²) in [5.41, 5.74) is 2.83. The number of piperidine rings is 1. The fourth-order valence-electron chi connectivity index (χ4n) is 4.59. The zero-order chi connectivity index (χ0) is 21.6. The first-order chi connectivity index (χ1) is 15.1. The standard InChI is InChI=1S/C24H37N7.HI/c1-18-8-4-5-9-20(18)17-31-14-12-22(13-15-31)27-24(26-21-10-6-7-11-21)25-16-23-29-28-19(2)30(23)3;/h4-5,8-9,21-22H,6-7,10-17H2,1-3H3,(H2,25,26,27);1H. The van der Waals surface area contributed by atoms with E-state index in [1.54, 1.807) is 0 Å². The lowest BCUT2D eigenvalue weighted by atomic mass is 10.0. The number of guanidine groups is 1. The lowest BCUT2D eigenvalue weighted by molar-refractivity contribution is 0.198. The van der Waals surface area contributed by atoms with Crippen LogP contribution in [0.25, 0.3) is 0 Å². The Morgan fingerprint density at radius 1 is 1.00 bits per heavy atom. The lowest BCUT2D eigenvalue weighted by Crippen LogP contribution is -2.50. The second kappa shape index (κ2) is 12.0. The molecular weight excluding hydrogens is 513 g/mol. The molecule has 2 aliphatic rings. The van der Waals surface area contributed by atoms with Crippen molar-refractivity contribution in [2.24, 2.45) is 12.0 Å². The molecule has 0 amide bonds. The molecule has 2 fully saturated rings. The summed E-state index contributed by atoms with van der Waals surface area (Å²) in [6.07, 6.45) is 7.37. The van der Waals surface area contributed by atoms with E-state index < -0.39 is 0 Å². The van der Waals surface area contributed by atoms with E-state index in [2.05, 4.69) is 56.9 Å². The van der Waals surface area contributed by atoms with E-state index in [9.17, 15) is 0 Å². The summed E-state index contributed by atoms with van der Waals surface area (Å²) >= 11 is 0. The Kier molecular flexibility index (Phi) is 9.34. The monoisotopic (exact) mass is 551 g/mol. The number of hydrogen-bond donors (Lipinski definition) is 2. The van der Waals surface area contributed by atoms with Gasteiger partial charge in [0.15, 0.2) is 11.8 Å². The van der Waals surface area contributed by atoms with Crippen LogP contribution in [0, 0.1) is 13.8 Å². The maximum absolute atomic E-state index is 4.88. The molecule has 1 aromatic carbocycles. The van der Waals surface area contributed by atoms with Crippen LogP contribution in [0.5, 0.6) is 0 Å². The fourth-order valence-corrected chi connectivity index (χ4v) is 4.59. The number of likely N-dealkylation sites (tertiary alicyclic amines) is 1. The van der Waals surface area contributed by atoms with Crippen LogP contribution in [0.1, 0.15) is 61.3 Å². The molecule has 1 aromatic heterocycles. The van der Waals surface area contributed by atoms with Gasteiger partial charge in [-0.15, -0.1) is 34.2 Å². The maximum Gasteiger partial charge on any atom is 0.192 e. The Balaban J connectivity index is 0.00000289. The van der Waals surface area contributed by atoms with Gasteiger partial charge in [0.2, 0.25) is 0 Å². The van der Waals surface area contributed by atoms with Crippen molar-refractivity contribution in [3.8, 4) is 0 Å². The molecule has 1 saturated carbocycles. The van der Waals surface area contributed by atoms with Crippen molar-refractivity contribution in [1.82, 2.24) is 30.3 Å². The minimum atomic E-state index is 0. The molecular formula is C24H38IN7. The van der Waals surface area contributed by atoms with Gasteiger partial charge in [0.25, 0.3) is 0 Å². The second-order valence-corrected chi connectivity index (χ2v) is 9.13. The van der Waals surface area contributed by atoms with E-state index in [4.69, 9.17) is 4.99 Å². The molecule has 1 aliphatic heterocycles. The number of aliphatic imine (C=N–C) groups is 1. The topological polar surface area (TPSA) is 70.4 Å². The van der Waals surface area contributed by atoms with Crippen LogP contribution >= 0.6 is 24.0 Å². The van der Waals surface area contributed by atoms with Crippen LogP contribution in [0.4, 0.5) is 0 Å². The zero-order valence-electron chi connectivity index (χ0n) is 19.7. The van der Waals surface area contributed by atoms with Gasteiger partial charge in [-0.25, -0.2) is 4.99 Å².